The number of hydrogen-bond acceptors (Lipinski definition) is 8. The number of hydrogen-bond donors (Lipinski definition) is 0. The van der Waals surface area contributed by atoms with Gasteiger partial charge in [-0.1, -0.05) is 41.9 Å². The number of aliphatic imine (C=N–C) groups is 1. The fraction of sp³-hybridized carbons (Fsp3) is 0.115. The minimum absolute atomic E-state index is 0.273. The number of ether oxygens (including phenoxy) is 2. The lowest BCUT2D eigenvalue weighted by molar-refractivity contribution is -0.386. The second-order valence-electron chi connectivity index (χ2n) is 8.08. The second kappa shape index (κ2) is 11.6. The van der Waals surface area contributed by atoms with Crippen LogP contribution in [-0.2, 0) is 16.1 Å². The lowest BCUT2D eigenvalue weighted by Crippen LogP contribution is -2.23. The number of benzene rings is 3. The molecule has 41 heavy (non-hydrogen) atoms. The molecule has 0 saturated carbocycles. The third-order valence-corrected chi connectivity index (χ3v) is 6.03. The van der Waals surface area contributed by atoms with E-state index < -0.39 is 83.9 Å². The lowest BCUT2D eigenvalue weighted by atomic mass is 10.1. The van der Waals surface area contributed by atoms with E-state index in [1.807, 2.05) is 0 Å². The molecule has 1 heterocycles. The van der Waals surface area contributed by atoms with Crippen molar-refractivity contribution in [3.05, 3.63) is 102 Å². The van der Waals surface area contributed by atoms with Gasteiger partial charge in [-0.2, -0.15) is 9.38 Å². The topological polar surface area (TPSA) is 130 Å². The molecule has 0 aliphatic rings. The maximum atomic E-state index is 15.5. The normalized spacial score (nSPS) is 10.8. The number of halogens is 5. The van der Waals surface area contributed by atoms with Crippen LogP contribution in [0.2, 0.25) is 5.02 Å². The molecule has 0 aliphatic carbocycles. The van der Waals surface area contributed by atoms with E-state index in [-0.39, 0.29) is 19.3 Å². The number of carbonyl (C=O) groups excluding carboxylic acids is 2. The summed E-state index contributed by atoms with van der Waals surface area (Å²) >= 11 is 5.97. The number of rotatable bonds is 8. The average Bonchev–Trinajstić information content (AvgIpc) is 2.93. The Morgan fingerprint density at radius 1 is 1.15 bits per heavy atom. The van der Waals surface area contributed by atoms with E-state index in [1.54, 1.807) is 30.3 Å². The zero-order valence-corrected chi connectivity index (χ0v) is 21.3. The van der Waals surface area contributed by atoms with Gasteiger partial charge in [-0.15, -0.1) is 0 Å². The Balaban J connectivity index is 2.19. The van der Waals surface area contributed by atoms with Gasteiger partial charge in [0.1, 0.15) is 34.0 Å². The molecule has 0 spiro atoms. The van der Waals surface area contributed by atoms with Crippen LogP contribution in [0.4, 0.5) is 28.9 Å². The molecule has 1 aromatic heterocycles. The van der Waals surface area contributed by atoms with Crippen molar-refractivity contribution in [2.24, 2.45) is 4.99 Å². The summed E-state index contributed by atoms with van der Waals surface area (Å²) in [4.78, 5) is 50.8. The quantitative estimate of drug-likeness (QED) is 0.0479. The summed E-state index contributed by atoms with van der Waals surface area (Å²) in [5, 5.41) is 9.25. The van der Waals surface area contributed by atoms with E-state index in [0.717, 1.165) is 6.08 Å². The van der Waals surface area contributed by atoms with Crippen LogP contribution in [0.5, 0.6) is 5.75 Å². The summed E-state index contributed by atoms with van der Waals surface area (Å²) < 4.78 is 70.7. The maximum absolute atomic E-state index is 15.5. The number of aromatic nitrogens is 1. The number of nitro benzene ring substituents is 1. The van der Waals surface area contributed by atoms with Crippen LogP contribution in [0.3, 0.4) is 0 Å². The average molecular weight is 592 g/mol. The maximum Gasteiger partial charge on any atom is 0.343 e. The SMILES string of the molecule is CCOC(=O)c1cn(-c2c(F)cc(F)c(OCc3ccccc3)c2N=C=O)c2c(Cl)c(F)c(F)c([N+](=O)[O-])c2c1=O. The fourth-order valence-electron chi connectivity index (χ4n) is 3.99. The van der Waals surface area contributed by atoms with Crippen LogP contribution in [-0.4, -0.2) is 28.1 Å². The summed E-state index contributed by atoms with van der Waals surface area (Å²) in [6.07, 6.45) is 1.64. The Bertz CT molecular complexity index is 1840. The minimum Gasteiger partial charge on any atom is -0.483 e. The molecular weight excluding hydrogens is 578 g/mol. The van der Waals surface area contributed by atoms with Gasteiger partial charge in [0.05, 0.1) is 17.0 Å². The zero-order chi connectivity index (χ0) is 30.0. The number of esters is 1. The van der Waals surface area contributed by atoms with E-state index in [4.69, 9.17) is 21.1 Å². The van der Waals surface area contributed by atoms with Gasteiger partial charge in [0.25, 0.3) is 0 Å². The number of isocyanates is 1. The molecule has 0 amide bonds. The second-order valence-corrected chi connectivity index (χ2v) is 8.46. The van der Waals surface area contributed by atoms with Crippen molar-refractivity contribution in [1.29, 1.82) is 0 Å². The number of nitro groups is 1. The van der Waals surface area contributed by atoms with Crippen LogP contribution >= 0.6 is 11.6 Å². The third kappa shape index (κ3) is 5.13. The van der Waals surface area contributed by atoms with Gasteiger partial charge >= 0.3 is 11.7 Å². The van der Waals surface area contributed by atoms with Gasteiger partial charge in [0, 0.05) is 12.3 Å². The van der Waals surface area contributed by atoms with Crippen molar-refractivity contribution in [2.75, 3.05) is 6.61 Å². The van der Waals surface area contributed by atoms with Crippen LogP contribution in [0.15, 0.2) is 52.4 Å². The molecule has 0 atom stereocenters. The first-order valence-corrected chi connectivity index (χ1v) is 11.7. The van der Waals surface area contributed by atoms with Gasteiger partial charge in [-0.25, -0.2) is 22.8 Å². The Kier molecular flexibility index (Phi) is 8.17. The highest BCUT2D eigenvalue weighted by molar-refractivity contribution is 6.35. The molecule has 0 fully saturated rings. The molecule has 0 aliphatic heterocycles. The molecule has 210 valence electrons. The van der Waals surface area contributed by atoms with Gasteiger partial charge < -0.3 is 14.0 Å². The first kappa shape index (κ1) is 28.9. The van der Waals surface area contributed by atoms with Crippen molar-refractivity contribution in [3.8, 4) is 11.4 Å². The number of fused-ring (bicyclic) bond motifs is 1. The molecule has 0 bridgehead atoms. The molecule has 0 unspecified atom stereocenters. The number of carbonyl (C=O) groups is 1. The Hall–Kier alpha value is -5.07. The predicted octanol–water partition coefficient (Wildman–Crippen LogP) is 5.83. The molecule has 3 aromatic carbocycles. The molecule has 4 rings (SSSR count). The molecule has 4 aromatic rings. The monoisotopic (exact) mass is 591 g/mol. The van der Waals surface area contributed by atoms with Crippen LogP contribution < -0.4 is 10.2 Å². The van der Waals surface area contributed by atoms with Crippen molar-refractivity contribution in [2.45, 2.75) is 13.5 Å². The first-order valence-electron chi connectivity index (χ1n) is 11.4. The molecular formula is C26H14ClF4N3O7. The van der Waals surface area contributed by atoms with Crippen LogP contribution in [0.1, 0.15) is 22.8 Å². The van der Waals surface area contributed by atoms with Gasteiger partial charge in [-0.05, 0) is 12.5 Å². The number of pyridine rings is 1. The highest BCUT2D eigenvalue weighted by Crippen LogP contribution is 2.43. The zero-order valence-electron chi connectivity index (χ0n) is 20.5. The summed E-state index contributed by atoms with van der Waals surface area (Å²) in [5.74, 6) is -9.24. The standard InChI is InChI=1S/C26H14ClF4N3O7/c1-2-40-26(37)13-9-33(22-16(24(13)36)23(34(38)39)19(31)18(30)17(22)27)21-14(28)8-15(29)25(20(21)32-11-35)41-10-12-6-4-3-5-7-12/h3-9H,2,10H2,1H3. The highest BCUT2D eigenvalue weighted by Gasteiger charge is 2.34. The smallest absolute Gasteiger partial charge is 0.343 e. The van der Waals surface area contributed by atoms with Gasteiger partial charge in [-0.3, -0.25) is 14.9 Å². The third-order valence-electron chi connectivity index (χ3n) is 5.68. The van der Waals surface area contributed by atoms with E-state index >= 15 is 4.39 Å². The Labute approximate surface area is 231 Å². The Morgan fingerprint density at radius 2 is 1.83 bits per heavy atom. The van der Waals surface area contributed by atoms with Gasteiger partial charge in [0.15, 0.2) is 23.2 Å². The largest absolute Gasteiger partial charge is 0.483 e. The summed E-state index contributed by atoms with van der Waals surface area (Å²) in [6, 6.07) is 8.44. The van der Waals surface area contributed by atoms with Crippen LogP contribution in [0, 0.1) is 33.4 Å². The lowest BCUT2D eigenvalue weighted by Gasteiger charge is -2.19. The summed E-state index contributed by atoms with van der Waals surface area (Å²) in [5.41, 5.74) is -6.63. The van der Waals surface area contributed by atoms with E-state index in [2.05, 4.69) is 4.99 Å². The van der Waals surface area contributed by atoms with Crippen molar-refractivity contribution >= 4 is 45.9 Å². The highest BCUT2D eigenvalue weighted by atomic mass is 35.5. The molecule has 10 nitrogen and oxygen atoms in total. The fourth-order valence-corrected chi connectivity index (χ4v) is 4.26. The Morgan fingerprint density at radius 3 is 2.44 bits per heavy atom. The molecule has 0 N–H and O–H groups in total. The van der Waals surface area contributed by atoms with Gasteiger partial charge in [0.2, 0.25) is 17.3 Å². The van der Waals surface area contributed by atoms with Crippen molar-refractivity contribution in [3.63, 3.8) is 0 Å². The van der Waals surface area contributed by atoms with E-state index in [9.17, 15) is 37.7 Å². The molecule has 0 radical (unpaired) electrons. The number of nitrogens with zero attached hydrogens (tertiary/aromatic N) is 3. The van der Waals surface area contributed by atoms with Crippen molar-refractivity contribution < 1.29 is 41.5 Å². The predicted molar refractivity (Wildman–Crippen MR) is 136 cm³/mol. The molecule has 0 saturated heterocycles. The molecule has 15 heteroatoms. The minimum atomic E-state index is -2.14. The summed E-state index contributed by atoms with van der Waals surface area (Å²) in [7, 11) is 0. The van der Waals surface area contributed by atoms with Crippen LogP contribution in [0.25, 0.3) is 16.6 Å². The van der Waals surface area contributed by atoms with E-state index in [0.29, 0.717) is 16.3 Å². The van der Waals surface area contributed by atoms with E-state index in [1.165, 1.54) is 6.92 Å². The van der Waals surface area contributed by atoms with Crippen molar-refractivity contribution in [1.82, 2.24) is 4.57 Å². The summed E-state index contributed by atoms with van der Waals surface area (Å²) in [6.45, 7) is 0.744. The first-order chi connectivity index (χ1) is 19.5.